The zero-order valence-corrected chi connectivity index (χ0v) is 15.2. The first-order valence-electron chi connectivity index (χ1n) is 8.99. The molecule has 0 amide bonds. The van der Waals surface area contributed by atoms with E-state index in [0.29, 0.717) is 5.82 Å². The monoisotopic (exact) mass is 350 g/mol. The first-order chi connectivity index (χ1) is 13.2. The van der Waals surface area contributed by atoms with Gasteiger partial charge in [-0.2, -0.15) is 0 Å². The standard InChI is InChI=1S/C23H18N4/c1-15-24-16(2)26-23(25-15)17-8-7-9-18(14-17)27-21-12-5-3-10-19(21)20-11-4-6-13-22(20)27/h3-14H,1-2H3. The highest BCUT2D eigenvalue weighted by Crippen LogP contribution is 2.32. The van der Waals surface area contributed by atoms with E-state index in [-0.39, 0.29) is 0 Å². The zero-order valence-electron chi connectivity index (χ0n) is 15.2. The second-order valence-corrected chi connectivity index (χ2v) is 6.67. The summed E-state index contributed by atoms with van der Waals surface area (Å²) in [5.41, 5.74) is 4.47. The second-order valence-electron chi connectivity index (χ2n) is 6.67. The smallest absolute Gasteiger partial charge is 0.163 e. The largest absolute Gasteiger partial charge is 0.309 e. The van der Waals surface area contributed by atoms with Gasteiger partial charge in [-0.3, -0.25) is 0 Å². The Hall–Kier alpha value is -3.53. The SMILES string of the molecule is Cc1nc(C)nc(-c2cccc(-n3c4ccccc4c4ccccc43)c2)n1. The van der Waals surface area contributed by atoms with Crippen LogP contribution in [0.1, 0.15) is 11.6 Å². The van der Waals surface area contributed by atoms with Crippen molar-refractivity contribution in [3.05, 3.63) is 84.4 Å². The van der Waals surface area contributed by atoms with E-state index >= 15 is 0 Å². The lowest BCUT2D eigenvalue weighted by atomic mass is 10.1. The minimum atomic E-state index is 0.711. The van der Waals surface area contributed by atoms with Crippen LogP contribution in [0.5, 0.6) is 0 Å². The molecule has 0 aliphatic rings. The molecule has 2 aromatic heterocycles. The van der Waals surface area contributed by atoms with Gasteiger partial charge in [-0.15, -0.1) is 0 Å². The van der Waals surface area contributed by atoms with Crippen molar-refractivity contribution in [1.82, 2.24) is 19.5 Å². The van der Waals surface area contributed by atoms with Crippen molar-refractivity contribution in [2.45, 2.75) is 13.8 Å². The van der Waals surface area contributed by atoms with E-state index in [9.17, 15) is 0 Å². The van der Waals surface area contributed by atoms with Gasteiger partial charge in [0.05, 0.1) is 11.0 Å². The predicted octanol–water partition coefficient (Wildman–Crippen LogP) is 5.25. The Balaban J connectivity index is 1.78. The summed E-state index contributed by atoms with van der Waals surface area (Å²) >= 11 is 0. The molecule has 0 aliphatic heterocycles. The predicted molar refractivity (Wildman–Crippen MR) is 109 cm³/mol. The molecule has 0 aliphatic carbocycles. The third-order valence-corrected chi connectivity index (χ3v) is 4.80. The van der Waals surface area contributed by atoms with Crippen LogP contribution >= 0.6 is 0 Å². The minimum Gasteiger partial charge on any atom is -0.309 e. The number of hydrogen-bond donors (Lipinski definition) is 0. The van der Waals surface area contributed by atoms with E-state index < -0.39 is 0 Å². The summed E-state index contributed by atoms with van der Waals surface area (Å²) in [6.45, 7) is 3.80. The summed E-state index contributed by atoms with van der Waals surface area (Å²) < 4.78 is 2.30. The molecular weight excluding hydrogens is 332 g/mol. The fourth-order valence-electron chi connectivity index (χ4n) is 3.73. The Morgan fingerprint density at radius 3 is 1.85 bits per heavy atom. The highest BCUT2D eigenvalue weighted by molar-refractivity contribution is 6.09. The van der Waals surface area contributed by atoms with Crippen molar-refractivity contribution in [2.75, 3.05) is 0 Å². The third kappa shape index (κ3) is 2.57. The third-order valence-electron chi connectivity index (χ3n) is 4.80. The normalized spacial score (nSPS) is 11.3. The summed E-state index contributed by atoms with van der Waals surface area (Å²) in [5, 5.41) is 2.51. The molecule has 0 bridgehead atoms. The number of rotatable bonds is 2. The van der Waals surface area contributed by atoms with Crippen molar-refractivity contribution in [3.8, 4) is 17.1 Å². The Morgan fingerprint density at radius 1 is 0.630 bits per heavy atom. The number of fused-ring (bicyclic) bond motifs is 3. The van der Waals surface area contributed by atoms with Crippen LogP contribution in [0.25, 0.3) is 38.9 Å². The molecule has 0 N–H and O–H groups in total. The molecule has 4 heteroatoms. The molecule has 0 unspecified atom stereocenters. The van der Waals surface area contributed by atoms with Crippen LogP contribution in [0.15, 0.2) is 72.8 Å². The maximum atomic E-state index is 4.52. The number of hydrogen-bond acceptors (Lipinski definition) is 3. The maximum absolute atomic E-state index is 4.52. The van der Waals surface area contributed by atoms with E-state index in [1.165, 1.54) is 21.8 Å². The number of aryl methyl sites for hydroxylation is 2. The first kappa shape index (κ1) is 15.7. The van der Waals surface area contributed by atoms with Crippen LogP contribution in [0.3, 0.4) is 0 Å². The molecule has 3 aromatic carbocycles. The molecule has 4 nitrogen and oxygen atoms in total. The van der Waals surface area contributed by atoms with Crippen molar-refractivity contribution in [1.29, 1.82) is 0 Å². The molecule has 2 heterocycles. The van der Waals surface area contributed by atoms with Crippen molar-refractivity contribution < 1.29 is 0 Å². The van der Waals surface area contributed by atoms with E-state index in [1.807, 2.05) is 19.9 Å². The lowest BCUT2D eigenvalue weighted by Gasteiger charge is -2.10. The summed E-state index contributed by atoms with van der Waals surface area (Å²) in [6, 6.07) is 25.4. The number of para-hydroxylation sites is 2. The van der Waals surface area contributed by atoms with Gasteiger partial charge >= 0.3 is 0 Å². The first-order valence-corrected chi connectivity index (χ1v) is 8.99. The number of benzene rings is 3. The van der Waals surface area contributed by atoms with Crippen LogP contribution < -0.4 is 0 Å². The zero-order chi connectivity index (χ0) is 18.4. The Morgan fingerprint density at radius 2 is 1.22 bits per heavy atom. The van der Waals surface area contributed by atoms with Gasteiger partial charge < -0.3 is 4.57 Å². The second kappa shape index (κ2) is 6.02. The molecular formula is C23H18N4. The topological polar surface area (TPSA) is 43.6 Å². The Labute approximate surface area is 157 Å². The van der Waals surface area contributed by atoms with Crippen LogP contribution in [0.4, 0.5) is 0 Å². The molecule has 0 saturated heterocycles. The highest BCUT2D eigenvalue weighted by Gasteiger charge is 2.12. The fourth-order valence-corrected chi connectivity index (χ4v) is 3.73. The van der Waals surface area contributed by atoms with Crippen LogP contribution in [-0.4, -0.2) is 19.5 Å². The Kier molecular flexibility index (Phi) is 3.50. The lowest BCUT2D eigenvalue weighted by molar-refractivity contribution is 0.928. The number of aromatic nitrogens is 4. The van der Waals surface area contributed by atoms with Crippen LogP contribution in [0, 0.1) is 13.8 Å². The average Bonchev–Trinajstić information content (AvgIpc) is 3.02. The molecule has 0 atom stereocenters. The average molecular weight is 350 g/mol. The summed E-state index contributed by atoms with van der Waals surface area (Å²) in [5.74, 6) is 2.18. The molecule has 0 fully saturated rings. The van der Waals surface area contributed by atoms with Gasteiger partial charge in [0, 0.05) is 22.0 Å². The molecule has 5 rings (SSSR count). The maximum Gasteiger partial charge on any atom is 0.163 e. The van der Waals surface area contributed by atoms with Gasteiger partial charge in [0.25, 0.3) is 0 Å². The van der Waals surface area contributed by atoms with Crippen molar-refractivity contribution >= 4 is 21.8 Å². The van der Waals surface area contributed by atoms with Gasteiger partial charge in [0.2, 0.25) is 0 Å². The molecule has 5 aromatic rings. The summed E-state index contributed by atoms with van der Waals surface area (Å²) in [6.07, 6.45) is 0. The molecule has 0 spiro atoms. The van der Waals surface area contributed by atoms with Crippen molar-refractivity contribution in [2.24, 2.45) is 0 Å². The van der Waals surface area contributed by atoms with Crippen LogP contribution in [0.2, 0.25) is 0 Å². The van der Waals surface area contributed by atoms with Gasteiger partial charge in [-0.1, -0.05) is 48.5 Å². The Bertz CT molecular complexity index is 1230. The fraction of sp³-hybridized carbons (Fsp3) is 0.0870. The van der Waals surface area contributed by atoms with E-state index in [4.69, 9.17) is 0 Å². The van der Waals surface area contributed by atoms with Gasteiger partial charge in [-0.25, -0.2) is 15.0 Å². The molecule has 27 heavy (non-hydrogen) atoms. The van der Waals surface area contributed by atoms with Gasteiger partial charge in [-0.05, 0) is 38.1 Å². The summed E-state index contributed by atoms with van der Waals surface area (Å²) in [4.78, 5) is 13.3. The highest BCUT2D eigenvalue weighted by atomic mass is 15.0. The lowest BCUT2D eigenvalue weighted by Crippen LogP contribution is -2.00. The van der Waals surface area contributed by atoms with E-state index in [1.54, 1.807) is 0 Å². The van der Waals surface area contributed by atoms with E-state index in [0.717, 1.165) is 22.9 Å². The molecule has 0 radical (unpaired) electrons. The minimum absolute atomic E-state index is 0.711. The van der Waals surface area contributed by atoms with E-state index in [2.05, 4.69) is 86.2 Å². The molecule has 130 valence electrons. The quantitative estimate of drug-likeness (QED) is 0.436. The summed E-state index contributed by atoms with van der Waals surface area (Å²) in [7, 11) is 0. The van der Waals surface area contributed by atoms with Crippen LogP contribution in [-0.2, 0) is 0 Å². The number of nitrogens with zero attached hydrogens (tertiary/aromatic N) is 4. The van der Waals surface area contributed by atoms with Gasteiger partial charge in [0.1, 0.15) is 11.6 Å². The van der Waals surface area contributed by atoms with Gasteiger partial charge in [0.15, 0.2) is 5.82 Å². The van der Waals surface area contributed by atoms with Crippen molar-refractivity contribution in [3.63, 3.8) is 0 Å². The molecule has 0 saturated carbocycles.